The molecule has 0 radical (unpaired) electrons. The van der Waals surface area contributed by atoms with Gasteiger partial charge in [-0.1, -0.05) is 19.1 Å². The number of benzene rings is 2. The van der Waals surface area contributed by atoms with Crippen LogP contribution in [0.3, 0.4) is 0 Å². The molecule has 0 unspecified atom stereocenters. The van der Waals surface area contributed by atoms with E-state index in [4.69, 9.17) is 4.74 Å². The molecule has 1 aliphatic heterocycles. The Morgan fingerprint density at radius 3 is 2.38 bits per heavy atom. The highest BCUT2D eigenvalue weighted by molar-refractivity contribution is 7.92. The minimum absolute atomic E-state index is 0.0130. The van der Waals surface area contributed by atoms with Gasteiger partial charge in [-0.25, -0.2) is 8.42 Å². The van der Waals surface area contributed by atoms with Crippen LogP contribution >= 0.6 is 0 Å². The van der Waals surface area contributed by atoms with E-state index in [1.165, 1.54) is 25.3 Å². The third-order valence-electron chi connectivity index (χ3n) is 5.41. The SMILES string of the molecule is CCc1ccc(NS(=O)(=O)c2cc(C(=O)NCCC(=O)N3CCCC3)ccc2OC)cc1. The molecule has 2 aromatic carbocycles. The zero-order valence-corrected chi connectivity index (χ0v) is 19.2. The van der Waals surface area contributed by atoms with E-state index >= 15 is 0 Å². The van der Waals surface area contributed by atoms with Crippen LogP contribution in [0.1, 0.15) is 42.1 Å². The number of carbonyl (C=O) groups excluding carboxylic acids is 2. The van der Waals surface area contributed by atoms with E-state index in [0.717, 1.165) is 37.9 Å². The summed E-state index contributed by atoms with van der Waals surface area (Å²) in [5, 5.41) is 2.69. The number of aryl methyl sites for hydroxylation is 1. The molecule has 2 N–H and O–H groups in total. The molecule has 172 valence electrons. The van der Waals surface area contributed by atoms with E-state index < -0.39 is 15.9 Å². The van der Waals surface area contributed by atoms with Gasteiger partial charge in [0.05, 0.1) is 7.11 Å². The van der Waals surface area contributed by atoms with Crippen molar-refractivity contribution in [1.82, 2.24) is 10.2 Å². The first-order valence-corrected chi connectivity index (χ1v) is 12.2. The van der Waals surface area contributed by atoms with Crippen molar-refractivity contribution in [2.45, 2.75) is 37.5 Å². The largest absolute Gasteiger partial charge is 0.495 e. The maximum absolute atomic E-state index is 13.0. The molecule has 0 saturated carbocycles. The molecule has 0 atom stereocenters. The summed E-state index contributed by atoms with van der Waals surface area (Å²) in [4.78, 5) is 26.3. The Morgan fingerprint density at radius 1 is 1.06 bits per heavy atom. The van der Waals surface area contributed by atoms with Crippen LogP contribution in [0.15, 0.2) is 47.4 Å². The van der Waals surface area contributed by atoms with Gasteiger partial charge >= 0.3 is 0 Å². The number of nitrogens with one attached hydrogen (secondary N) is 2. The summed E-state index contributed by atoms with van der Waals surface area (Å²) in [6.45, 7) is 3.73. The Hall–Kier alpha value is -3.07. The van der Waals surface area contributed by atoms with E-state index in [1.54, 1.807) is 17.0 Å². The molecule has 1 aliphatic rings. The fourth-order valence-corrected chi connectivity index (χ4v) is 4.81. The maximum Gasteiger partial charge on any atom is 0.265 e. The normalized spacial score (nSPS) is 13.6. The number of methoxy groups -OCH3 is 1. The van der Waals surface area contributed by atoms with Crippen LogP contribution in [0, 0.1) is 0 Å². The smallest absolute Gasteiger partial charge is 0.265 e. The van der Waals surface area contributed by atoms with Gasteiger partial charge in [-0.2, -0.15) is 0 Å². The molecule has 0 aliphatic carbocycles. The lowest BCUT2D eigenvalue weighted by Crippen LogP contribution is -2.32. The molecule has 9 heteroatoms. The molecule has 1 saturated heterocycles. The van der Waals surface area contributed by atoms with E-state index in [1.807, 2.05) is 19.1 Å². The second-order valence-corrected chi connectivity index (χ2v) is 9.27. The molecule has 2 amide bonds. The Kier molecular flexibility index (Phi) is 7.74. The number of hydrogen-bond acceptors (Lipinski definition) is 5. The van der Waals surface area contributed by atoms with Gasteiger partial charge in [-0.15, -0.1) is 0 Å². The highest BCUT2D eigenvalue weighted by atomic mass is 32.2. The molecule has 1 heterocycles. The average molecular weight is 460 g/mol. The van der Waals surface area contributed by atoms with Gasteiger partial charge in [0.15, 0.2) is 0 Å². The summed E-state index contributed by atoms with van der Waals surface area (Å²) in [5.74, 6) is -0.312. The number of carbonyl (C=O) groups is 2. The first kappa shape index (κ1) is 23.6. The molecule has 2 aromatic rings. The van der Waals surface area contributed by atoms with Crippen LogP contribution in [0.2, 0.25) is 0 Å². The minimum Gasteiger partial charge on any atom is -0.495 e. The van der Waals surface area contributed by atoms with Crippen molar-refractivity contribution in [2.75, 3.05) is 31.5 Å². The predicted molar refractivity (Wildman–Crippen MR) is 122 cm³/mol. The molecule has 0 spiro atoms. The van der Waals surface area contributed by atoms with Crippen molar-refractivity contribution in [3.63, 3.8) is 0 Å². The number of hydrogen-bond donors (Lipinski definition) is 2. The van der Waals surface area contributed by atoms with Crippen molar-refractivity contribution in [3.05, 3.63) is 53.6 Å². The molecular formula is C23H29N3O5S. The summed E-state index contributed by atoms with van der Waals surface area (Å²) in [6.07, 6.45) is 3.08. The Balaban J connectivity index is 1.70. The maximum atomic E-state index is 13.0. The number of anilines is 1. The molecule has 1 fully saturated rings. The standard InChI is InChI=1S/C23H29N3O5S/c1-3-17-6-9-19(10-7-17)25-32(29,30)21-16-18(8-11-20(21)31-2)23(28)24-13-12-22(27)26-14-4-5-15-26/h6-11,16,25H,3-5,12-15H2,1-2H3,(H,24,28). The van der Waals surface area contributed by atoms with Gasteiger partial charge in [-0.05, 0) is 55.2 Å². The van der Waals surface area contributed by atoms with Gasteiger partial charge in [0.25, 0.3) is 15.9 Å². The van der Waals surface area contributed by atoms with Crippen LogP contribution in [0.5, 0.6) is 5.75 Å². The number of nitrogens with zero attached hydrogens (tertiary/aromatic N) is 1. The zero-order valence-electron chi connectivity index (χ0n) is 18.4. The number of ether oxygens (including phenoxy) is 1. The first-order valence-electron chi connectivity index (χ1n) is 10.7. The second-order valence-electron chi connectivity index (χ2n) is 7.62. The van der Waals surface area contributed by atoms with E-state index in [-0.39, 0.29) is 35.1 Å². The van der Waals surface area contributed by atoms with Crippen molar-refractivity contribution >= 4 is 27.5 Å². The minimum atomic E-state index is -3.99. The highest BCUT2D eigenvalue weighted by Crippen LogP contribution is 2.27. The van der Waals surface area contributed by atoms with E-state index in [9.17, 15) is 18.0 Å². The number of sulfonamides is 1. The topological polar surface area (TPSA) is 105 Å². The molecule has 0 bridgehead atoms. The summed E-state index contributed by atoms with van der Waals surface area (Å²) >= 11 is 0. The lowest BCUT2D eigenvalue weighted by atomic mass is 10.2. The van der Waals surface area contributed by atoms with Crippen LogP contribution in [0.25, 0.3) is 0 Å². The van der Waals surface area contributed by atoms with Gasteiger partial charge < -0.3 is 15.0 Å². The van der Waals surface area contributed by atoms with Gasteiger partial charge in [-0.3, -0.25) is 14.3 Å². The second kappa shape index (κ2) is 10.5. The predicted octanol–water partition coefficient (Wildman–Crippen LogP) is 2.80. The van der Waals surface area contributed by atoms with Gasteiger partial charge in [0, 0.05) is 37.3 Å². The third-order valence-corrected chi connectivity index (χ3v) is 6.82. The quantitative estimate of drug-likeness (QED) is 0.600. The number of rotatable bonds is 9. The van der Waals surface area contributed by atoms with Gasteiger partial charge in [0.1, 0.15) is 10.6 Å². The Bertz CT molecular complexity index is 1060. The highest BCUT2D eigenvalue weighted by Gasteiger charge is 2.22. The molecule has 8 nitrogen and oxygen atoms in total. The molecule has 0 aromatic heterocycles. The van der Waals surface area contributed by atoms with Crippen molar-refractivity contribution in [2.24, 2.45) is 0 Å². The lowest BCUT2D eigenvalue weighted by Gasteiger charge is -2.15. The number of likely N-dealkylation sites (tertiary alicyclic amines) is 1. The number of amides is 2. The molecule has 3 rings (SSSR count). The first-order chi connectivity index (χ1) is 15.3. The molecule has 32 heavy (non-hydrogen) atoms. The fourth-order valence-electron chi connectivity index (χ4n) is 3.56. The summed E-state index contributed by atoms with van der Waals surface area (Å²) in [7, 11) is -2.62. The van der Waals surface area contributed by atoms with Crippen molar-refractivity contribution in [3.8, 4) is 5.75 Å². The van der Waals surface area contributed by atoms with Crippen LogP contribution in [0.4, 0.5) is 5.69 Å². The van der Waals surface area contributed by atoms with Crippen LogP contribution in [-0.4, -0.2) is 51.9 Å². The summed E-state index contributed by atoms with van der Waals surface area (Å²) in [6, 6.07) is 11.3. The van der Waals surface area contributed by atoms with Gasteiger partial charge in [0.2, 0.25) is 5.91 Å². The summed E-state index contributed by atoms with van der Waals surface area (Å²) < 4.78 is 33.7. The summed E-state index contributed by atoms with van der Waals surface area (Å²) in [5.41, 5.74) is 1.67. The monoisotopic (exact) mass is 459 g/mol. The Morgan fingerprint density at radius 2 is 1.75 bits per heavy atom. The fraction of sp³-hybridized carbons (Fsp3) is 0.391. The van der Waals surface area contributed by atoms with Crippen LogP contribution < -0.4 is 14.8 Å². The Labute approximate surface area is 189 Å². The zero-order chi connectivity index (χ0) is 23.1. The third kappa shape index (κ3) is 5.79. The van der Waals surface area contributed by atoms with E-state index in [0.29, 0.717) is 5.69 Å². The van der Waals surface area contributed by atoms with Crippen LogP contribution in [-0.2, 0) is 21.2 Å². The molecular weight excluding hydrogens is 430 g/mol. The van der Waals surface area contributed by atoms with E-state index in [2.05, 4.69) is 10.0 Å². The average Bonchev–Trinajstić information content (AvgIpc) is 3.34. The lowest BCUT2D eigenvalue weighted by molar-refractivity contribution is -0.129. The van der Waals surface area contributed by atoms with Crippen molar-refractivity contribution < 1.29 is 22.7 Å². The van der Waals surface area contributed by atoms with Crippen molar-refractivity contribution in [1.29, 1.82) is 0 Å².